The van der Waals surface area contributed by atoms with Gasteiger partial charge in [-0.2, -0.15) is 8.78 Å². The van der Waals surface area contributed by atoms with Crippen LogP contribution in [0, 0.1) is 0 Å². The molecule has 0 saturated carbocycles. The lowest BCUT2D eigenvalue weighted by Crippen LogP contribution is -2.40. The number of nitrogens with zero attached hydrogens (tertiary/aromatic N) is 2. The topological polar surface area (TPSA) is 58.1 Å². The Balaban J connectivity index is 1.93. The molecule has 1 aromatic carbocycles. The molecule has 1 saturated heterocycles. The summed E-state index contributed by atoms with van der Waals surface area (Å²) >= 11 is 12.0. The lowest BCUT2D eigenvalue weighted by atomic mass is 10.2. The van der Waals surface area contributed by atoms with Gasteiger partial charge in [0.25, 0.3) is 0 Å². The minimum atomic E-state index is -2.98. The summed E-state index contributed by atoms with van der Waals surface area (Å²) in [6.07, 6.45) is 0.952. The second kappa shape index (κ2) is 12.3. The molecule has 1 fully saturated rings. The molecule has 1 heterocycles. The van der Waals surface area contributed by atoms with Crippen LogP contribution in [0.5, 0.6) is 5.75 Å². The average molecular weight is 439 g/mol. The number of alkyl halides is 2. The summed E-state index contributed by atoms with van der Waals surface area (Å²) in [4.78, 5) is 6.80. The number of hydrogen-bond acceptors (Lipinski definition) is 4. The Morgan fingerprint density at radius 1 is 1.29 bits per heavy atom. The van der Waals surface area contributed by atoms with Gasteiger partial charge in [-0.05, 0) is 32.0 Å². The quantitative estimate of drug-likeness (QED) is 0.351. The second-order valence-corrected chi connectivity index (χ2v) is 7.03. The molecule has 6 nitrogen and oxygen atoms in total. The molecule has 10 heteroatoms. The molecule has 0 radical (unpaired) electrons. The first-order valence-corrected chi connectivity index (χ1v) is 10.00. The van der Waals surface area contributed by atoms with Crippen LogP contribution in [-0.2, 0) is 11.3 Å². The molecule has 158 valence electrons. The smallest absolute Gasteiger partial charge is 0.387 e. The number of halogens is 4. The summed E-state index contributed by atoms with van der Waals surface area (Å²) in [5.74, 6) is 0.483. The molecular formula is C18H26Cl2F2N4O2. The van der Waals surface area contributed by atoms with Gasteiger partial charge in [0, 0.05) is 36.8 Å². The van der Waals surface area contributed by atoms with E-state index < -0.39 is 6.61 Å². The van der Waals surface area contributed by atoms with Crippen LogP contribution in [-0.4, -0.2) is 63.4 Å². The van der Waals surface area contributed by atoms with Crippen molar-refractivity contribution in [1.82, 2.24) is 15.5 Å². The molecule has 0 amide bonds. The first-order chi connectivity index (χ1) is 13.5. The van der Waals surface area contributed by atoms with Crippen LogP contribution in [0.15, 0.2) is 17.1 Å². The maximum absolute atomic E-state index is 12.7. The molecule has 1 aliphatic heterocycles. The predicted molar refractivity (Wildman–Crippen MR) is 108 cm³/mol. The number of benzene rings is 1. The van der Waals surface area contributed by atoms with Crippen LogP contribution >= 0.6 is 23.2 Å². The fourth-order valence-corrected chi connectivity index (χ4v) is 3.37. The Labute approximate surface area is 174 Å². The normalized spacial score (nSPS) is 15.7. The van der Waals surface area contributed by atoms with Gasteiger partial charge in [0.05, 0.1) is 24.8 Å². The number of guanidine groups is 1. The molecular weight excluding hydrogens is 413 g/mol. The molecule has 1 aliphatic rings. The number of rotatable bonds is 9. The third-order valence-electron chi connectivity index (χ3n) is 4.09. The highest BCUT2D eigenvalue weighted by molar-refractivity contribution is 6.35. The third kappa shape index (κ3) is 7.95. The van der Waals surface area contributed by atoms with Crippen molar-refractivity contribution < 1.29 is 18.3 Å². The van der Waals surface area contributed by atoms with Crippen LogP contribution in [0.1, 0.15) is 18.9 Å². The summed E-state index contributed by atoms with van der Waals surface area (Å²) in [7, 11) is 0. The van der Waals surface area contributed by atoms with E-state index >= 15 is 0 Å². The number of hydrogen-bond donors (Lipinski definition) is 2. The van der Waals surface area contributed by atoms with Crippen molar-refractivity contribution in [3.63, 3.8) is 0 Å². The van der Waals surface area contributed by atoms with Gasteiger partial charge in [-0.25, -0.2) is 4.99 Å². The van der Waals surface area contributed by atoms with Crippen molar-refractivity contribution >= 4 is 29.2 Å². The van der Waals surface area contributed by atoms with Crippen molar-refractivity contribution in [2.24, 2.45) is 4.99 Å². The Morgan fingerprint density at radius 3 is 2.71 bits per heavy atom. The lowest BCUT2D eigenvalue weighted by molar-refractivity contribution is -0.0503. The van der Waals surface area contributed by atoms with Crippen molar-refractivity contribution in [3.05, 3.63) is 27.7 Å². The van der Waals surface area contributed by atoms with Crippen LogP contribution < -0.4 is 15.4 Å². The first kappa shape index (κ1) is 22.9. The molecule has 0 atom stereocenters. The molecule has 0 bridgehead atoms. The van der Waals surface area contributed by atoms with E-state index in [0.717, 1.165) is 45.8 Å². The average Bonchev–Trinajstić information content (AvgIpc) is 2.66. The minimum Gasteiger partial charge on any atom is -0.433 e. The third-order valence-corrected chi connectivity index (χ3v) is 4.59. The zero-order valence-electron chi connectivity index (χ0n) is 15.8. The molecule has 2 N–H and O–H groups in total. The number of morpholine rings is 1. The van der Waals surface area contributed by atoms with E-state index in [4.69, 9.17) is 27.9 Å². The molecule has 2 rings (SSSR count). The van der Waals surface area contributed by atoms with Gasteiger partial charge in [0.1, 0.15) is 5.75 Å². The lowest BCUT2D eigenvalue weighted by Gasteiger charge is -2.26. The van der Waals surface area contributed by atoms with Gasteiger partial charge >= 0.3 is 6.61 Å². The monoisotopic (exact) mass is 438 g/mol. The van der Waals surface area contributed by atoms with Crippen LogP contribution in [0.4, 0.5) is 8.78 Å². The predicted octanol–water partition coefficient (Wildman–Crippen LogP) is 3.37. The highest BCUT2D eigenvalue weighted by Crippen LogP contribution is 2.34. The molecule has 0 aliphatic carbocycles. The number of aliphatic imine (C=N–C) groups is 1. The first-order valence-electron chi connectivity index (χ1n) is 9.24. The maximum Gasteiger partial charge on any atom is 0.387 e. The van der Waals surface area contributed by atoms with E-state index in [9.17, 15) is 8.78 Å². The fraction of sp³-hybridized carbons (Fsp3) is 0.611. The highest BCUT2D eigenvalue weighted by Gasteiger charge is 2.15. The van der Waals surface area contributed by atoms with Gasteiger partial charge in [-0.15, -0.1) is 0 Å². The van der Waals surface area contributed by atoms with Crippen molar-refractivity contribution in [2.75, 3.05) is 45.9 Å². The SMILES string of the molecule is CCNC(=NCc1cc(Cl)cc(Cl)c1OC(F)F)NCCCN1CCOCC1. The fourth-order valence-electron chi connectivity index (χ4n) is 2.79. The van der Waals surface area contributed by atoms with Crippen LogP contribution in [0.25, 0.3) is 0 Å². The second-order valence-electron chi connectivity index (χ2n) is 6.18. The summed E-state index contributed by atoms with van der Waals surface area (Å²) in [5, 5.41) is 6.74. The largest absolute Gasteiger partial charge is 0.433 e. The standard InChI is InChI=1S/C18H26Cl2F2N4O2/c1-2-23-18(24-4-3-5-26-6-8-27-9-7-26)25-12-13-10-14(19)11-15(20)16(13)28-17(21)22/h10-11,17H,2-9,12H2,1H3,(H2,23,24,25). The number of nitrogens with one attached hydrogen (secondary N) is 2. The van der Waals surface area contributed by atoms with Gasteiger partial charge in [-0.3, -0.25) is 4.90 Å². The van der Waals surface area contributed by atoms with E-state index in [-0.39, 0.29) is 17.3 Å². The maximum atomic E-state index is 12.7. The van der Waals surface area contributed by atoms with Gasteiger partial charge < -0.3 is 20.1 Å². The Morgan fingerprint density at radius 2 is 2.04 bits per heavy atom. The summed E-state index contributed by atoms with van der Waals surface area (Å²) in [5.41, 5.74) is 0.392. The highest BCUT2D eigenvalue weighted by atomic mass is 35.5. The summed E-state index contributed by atoms with van der Waals surface area (Å²) in [6, 6.07) is 2.89. The Bertz CT molecular complexity index is 644. The minimum absolute atomic E-state index is 0.0291. The molecule has 1 aromatic rings. The van der Waals surface area contributed by atoms with Crippen molar-refractivity contribution in [1.29, 1.82) is 0 Å². The van der Waals surface area contributed by atoms with E-state index in [0.29, 0.717) is 23.1 Å². The Kier molecular flexibility index (Phi) is 10.0. The summed E-state index contributed by atoms with van der Waals surface area (Å²) in [6.45, 7) is 4.93. The summed E-state index contributed by atoms with van der Waals surface area (Å²) < 4.78 is 35.2. The molecule has 0 aromatic heterocycles. The Hall–Kier alpha value is -1.35. The molecule has 0 spiro atoms. The zero-order chi connectivity index (χ0) is 20.4. The molecule has 28 heavy (non-hydrogen) atoms. The van der Waals surface area contributed by atoms with Crippen molar-refractivity contribution in [3.8, 4) is 5.75 Å². The van der Waals surface area contributed by atoms with E-state index in [1.54, 1.807) is 0 Å². The van der Waals surface area contributed by atoms with Gasteiger partial charge in [0.2, 0.25) is 0 Å². The number of ether oxygens (including phenoxy) is 2. The van der Waals surface area contributed by atoms with Crippen LogP contribution in [0.3, 0.4) is 0 Å². The van der Waals surface area contributed by atoms with Crippen molar-refractivity contribution in [2.45, 2.75) is 26.5 Å². The van der Waals surface area contributed by atoms with Gasteiger partial charge in [-0.1, -0.05) is 23.2 Å². The van der Waals surface area contributed by atoms with E-state index in [2.05, 4.69) is 25.3 Å². The van der Waals surface area contributed by atoms with E-state index in [1.165, 1.54) is 12.1 Å². The van der Waals surface area contributed by atoms with E-state index in [1.807, 2.05) is 6.92 Å². The van der Waals surface area contributed by atoms with Gasteiger partial charge in [0.15, 0.2) is 5.96 Å². The molecule has 0 unspecified atom stereocenters. The zero-order valence-corrected chi connectivity index (χ0v) is 17.3. The van der Waals surface area contributed by atoms with Crippen LogP contribution in [0.2, 0.25) is 10.0 Å².